The molecule has 6 nitrogen and oxygen atoms in total. The van der Waals surface area contributed by atoms with Gasteiger partial charge in [-0.3, -0.25) is 4.79 Å². The highest BCUT2D eigenvalue weighted by atomic mass is 19.1. The van der Waals surface area contributed by atoms with Gasteiger partial charge in [0.05, 0.1) is 17.2 Å². The van der Waals surface area contributed by atoms with E-state index in [2.05, 4.69) is 0 Å². The lowest BCUT2D eigenvalue weighted by atomic mass is 10.1. The van der Waals surface area contributed by atoms with Crippen LogP contribution in [0.3, 0.4) is 0 Å². The molecule has 1 N–H and O–H groups in total. The van der Waals surface area contributed by atoms with Gasteiger partial charge in [0.2, 0.25) is 0 Å². The van der Waals surface area contributed by atoms with E-state index in [-0.39, 0.29) is 36.8 Å². The van der Waals surface area contributed by atoms with Gasteiger partial charge in [-0.25, -0.2) is 9.18 Å². The molecule has 1 aromatic rings. The highest BCUT2D eigenvalue weighted by Crippen LogP contribution is 2.17. The third kappa shape index (κ3) is 2.94. The third-order valence-corrected chi connectivity index (χ3v) is 3.49. The van der Waals surface area contributed by atoms with Gasteiger partial charge in [-0.1, -0.05) is 0 Å². The third-order valence-electron chi connectivity index (χ3n) is 3.49. The first kappa shape index (κ1) is 14.8. The molecule has 0 radical (unpaired) electrons. The number of nitriles is 1. The number of halogens is 1. The fraction of sp³-hybridized carbons (Fsp3) is 0.357. The molecule has 0 unspecified atom stereocenters. The lowest BCUT2D eigenvalue weighted by molar-refractivity contribution is 0.0480. The van der Waals surface area contributed by atoms with Crippen molar-refractivity contribution in [1.82, 2.24) is 9.80 Å². The zero-order valence-electron chi connectivity index (χ0n) is 11.4. The van der Waals surface area contributed by atoms with E-state index in [1.165, 1.54) is 21.9 Å². The van der Waals surface area contributed by atoms with Crippen LogP contribution in [0.15, 0.2) is 18.2 Å². The van der Waals surface area contributed by atoms with E-state index in [0.29, 0.717) is 0 Å². The smallest absolute Gasteiger partial charge is 0.407 e. The van der Waals surface area contributed by atoms with Gasteiger partial charge in [0, 0.05) is 25.7 Å². The fourth-order valence-electron chi connectivity index (χ4n) is 2.35. The largest absolute Gasteiger partial charge is 0.465 e. The summed E-state index contributed by atoms with van der Waals surface area (Å²) in [5.74, 6) is -1.23. The summed E-state index contributed by atoms with van der Waals surface area (Å²) in [6.45, 7) is 2.32. The maximum absolute atomic E-state index is 13.9. The molecule has 1 heterocycles. The van der Waals surface area contributed by atoms with Crippen LogP contribution in [0, 0.1) is 17.1 Å². The number of piperazine rings is 1. The van der Waals surface area contributed by atoms with E-state index < -0.39 is 17.8 Å². The molecule has 110 valence electrons. The summed E-state index contributed by atoms with van der Waals surface area (Å²) in [6.07, 6.45) is -1.03. The van der Waals surface area contributed by atoms with Crippen molar-refractivity contribution >= 4 is 12.0 Å². The summed E-state index contributed by atoms with van der Waals surface area (Å²) in [7, 11) is 0. The molecule has 1 fully saturated rings. The second kappa shape index (κ2) is 5.79. The minimum atomic E-state index is -1.03. The van der Waals surface area contributed by atoms with Gasteiger partial charge in [-0.15, -0.1) is 0 Å². The number of rotatable bonds is 1. The summed E-state index contributed by atoms with van der Waals surface area (Å²) in [5.41, 5.74) is 0.0393. The van der Waals surface area contributed by atoms with E-state index in [1.54, 1.807) is 13.0 Å². The molecule has 0 saturated carbocycles. The highest BCUT2D eigenvalue weighted by molar-refractivity contribution is 5.95. The normalized spacial score (nSPS) is 18.2. The van der Waals surface area contributed by atoms with Crippen LogP contribution in [0.5, 0.6) is 0 Å². The molecule has 7 heteroatoms. The van der Waals surface area contributed by atoms with Crippen LogP contribution in [-0.4, -0.2) is 52.6 Å². The van der Waals surface area contributed by atoms with Crippen LogP contribution >= 0.6 is 0 Å². The molecule has 1 atom stereocenters. The number of carbonyl (C=O) groups excluding carboxylic acids is 1. The number of hydrogen-bond acceptors (Lipinski definition) is 3. The first-order valence-electron chi connectivity index (χ1n) is 6.42. The van der Waals surface area contributed by atoms with E-state index in [4.69, 9.17) is 10.4 Å². The Balaban J connectivity index is 2.18. The molecule has 1 saturated heterocycles. The van der Waals surface area contributed by atoms with Crippen molar-refractivity contribution in [2.24, 2.45) is 0 Å². The standard InChI is InChI=1S/C14H14FN3O3/c1-9-8-17(14(20)21)4-5-18(9)13(19)11-3-2-10(7-16)6-12(11)15/h2-3,6,9H,4-5,8H2,1H3,(H,20,21)/t9-/m1/s1. The lowest BCUT2D eigenvalue weighted by Crippen LogP contribution is -2.55. The molecule has 2 rings (SSSR count). The van der Waals surface area contributed by atoms with Gasteiger partial charge in [0.15, 0.2) is 0 Å². The molecule has 2 amide bonds. The summed E-state index contributed by atoms with van der Waals surface area (Å²) in [5, 5.41) is 17.6. The summed E-state index contributed by atoms with van der Waals surface area (Å²) >= 11 is 0. The fourth-order valence-corrected chi connectivity index (χ4v) is 2.35. The monoisotopic (exact) mass is 291 g/mol. The Labute approximate surface area is 121 Å². The number of amides is 2. The van der Waals surface area contributed by atoms with Crippen LogP contribution in [0.2, 0.25) is 0 Å². The van der Waals surface area contributed by atoms with Crippen molar-refractivity contribution in [2.75, 3.05) is 19.6 Å². The zero-order valence-corrected chi connectivity index (χ0v) is 11.4. The molecule has 0 aromatic heterocycles. The predicted octanol–water partition coefficient (Wildman–Crippen LogP) is 1.52. The molecule has 1 aliphatic rings. The van der Waals surface area contributed by atoms with Gasteiger partial charge in [-0.2, -0.15) is 5.26 Å². The SMILES string of the molecule is C[C@@H]1CN(C(=O)O)CCN1C(=O)c1ccc(C#N)cc1F. The van der Waals surface area contributed by atoms with Crippen molar-refractivity contribution in [3.63, 3.8) is 0 Å². The summed E-state index contributed by atoms with van der Waals surface area (Å²) in [6, 6.07) is 5.15. The Hall–Kier alpha value is -2.62. The highest BCUT2D eigenvalue weighted by Gasteiger charge is 2.31. The van der Waals surface area contributed by atoms with Crippen molar-refractivity contribution in [2.45, 2.75) is 13.0 Å². The van der Waals surface area contributed by atoms with Gasteiger partial charge >= 0.3 is 6.09 Å². The first-order valence-corrected chi connectivity index (χ1v) is 6.42. The van der Waals surface area contributed by atoms with E-state index in [9.17, 15) is 14.0 Å². The topological polar surface area (TPSA) is 84.6 Å². The van der Waals surface area contributed by atoms with Crippen LogP contribution in [-0.2, 0) is 0 Å². The average Bonchev–Trinajstić information content (AvgIpc) is 2.46. The Kier molecular flexibility index (Phi) is 4.08. The van der Waals surface area contributed by atoms with Crippen molar-refractivity contribution < 1.29 is 19.1 Å². The van der Waals surface area contributed by atoms with E-state index in [0.717, 1.165) is 6.07 Å². The van der Waals surface area contributed by atoms with Crippen LogP contribution in [0.4, 0.5) is 9.18 Å². The Morgan fingerprint density at radius 1 is 1.43 bits per heavy atom. The molecule has 0 bridgehead atoms. The first-order chi connectivity index (χ1) is 9.93. The van der Waals surface area contributed by atoms with Crippen LogP contribution in [0.1, 0.15) is 22.8 Å². The predicted molar refractivity (Wildman–Crippen MR) is 71.2 cm³/mol. The minimum absolute atomic E-state index is 0.107. The number of carbonyl (C=O) groups is 2. The lowest BCUT2D eigenvalue weighted by Gasteiger charge is -2.38. The molecule has 21 heavy (non-hydrogen) atoms. The van der Waals surface area contributed by atoms with Crippen LogP contribution in [0.25, 0.3) is 0 Å². The van der Waals surface area contributed by atoms with Gasteiger partial charge < -0.3 is 14.9 Å². The maximum Gasteiger partial charge on any atom is 0.407 e. The maximum atomic E-state index is 13.9. The molecular formula is C14H14FN3O3. The van der Waals surface area contributed by atoms with E-state index in [1.807, 2.05) is 0 Å². The number of carboxylic acid groups (broad SMARTS) is 1. The Morgan fingerprint density at radius 3 is 2.67 bits per heavy atom. The summed E-state index contributed by atoms with van der Waals surface area (Å²) < 4.78 is 13.9. The molecule has 0 spiro atoms. The van der Waals surface area contributed by atoms with Crippen molar-refractivity contribution in [1.29, 1.82) is 5.26 Å². The van der Waals surface area contributed by atoms with Crippen molar-refractivity contribution in [3.8, 4) is 6.07 Å². The minimum Gasteiger partial charge on any atom is -0.465 e. The number of hydrogen-bond donors (Lipinski definition) is 1. The molecule has 0 aliphatic carbocycles. The van der Waals surface area contributed by atoms with E-state index >= 15 is 0 Å². The van der Waals surface area contributed by atoms with Gasteiger partial charge in [0.1, 0.15) is 5.82 Å². The van der Waals surface area contributed by atoms with Crippen molar-refractivity contribution in [3.05, 3.63) is 35.1 Å². The summed E-state index contributed by atoms with van der Waals surface area (Å²) in [4.78, 5) is 25.9. The average molecular weight is 291 g/mol. The Bertz CT molecular complexity index is 626. The van der Waals surface area contributed by atoms with Crippen LogP contribution < -0.4 is 0 Å². The second-order valence-electron chi connectivity index (χ2n) is 4.88. The number of benzene rings is 1. The quantitative estimate of drug-likeness (QED) is 0.850. The molecule has 1 aliphatic heterocycles. The molecule has 1 aromatic carbocycles. The second-order valence-corrected chi connectivity index (χ2v) is 4.88. The number of nitrogens with zero attached hydrogens (tertiary/aromatic N) is 3. The molecular weight excluding hydrogens is 277 g/mol. The zero-order chi connectivity index (χ0) is 15.6. The Morgan fingerprint density at radius 2 is 2.14 bits per heavy atom. The van der Waals surface area contributed by atoms with Gasteiger partial charge in [0.25, 0.3) is 5.91 Å². The van der Waals surface area contributed by atoms with Gasteiger partial charge in [-0.05, 0) is 25.1 Å².